The number of nitrogens with zero attached hydrogens (tertiary/aromatic N) is 4. The van der Waals surface area contributed by atoms with E-state index in [1.807, 2.05) is 73.3 Å². The second-order valence-electron chi connectivity index (χ2n) is 7.54. The third-order valence-corrected chi connectivity index (χ3v) is 5.20. The van der Waals surface area contributed by atoms with Crippen LogP contribution in [0.3, 0.4) is 0 Å². The molecule has 0 unspecified atom stereocenters. The minimum Gasteiger partial charge on any atom is -0.497 e. The fourth-order valence-corrected chi connectivity index (χ4v) is 3.37. The number of amides is 1. The Labute approximate surface area is 186 Å². The summed E-state index contributed by atoms with van der Waals surface area (Å²) in [5, 5.41) is 11.3. The van der Waals surface area contributed by atoms with Gasteiger partial charge in [0, 0.05) is 37.8 Å². The molecule has 1 N–H and O–H groups in total. The van der Waals surface area contributed by atoms with Crippen LogP contribution < -0.4 is 10.1 Å². The van der Waals surface area contributed by atoms with Gasteiger partial charge in [0.25, 0.3) is 0 Å². The molecule has 0 aliphatic heterocycles. The van der Waals surface area contributed by atoms with Crippen LogP contribution in [-0.2, 0) is 18.3 Å². The molecule has 1 atom stereocenters. The van der Waals surface area contributed by atoms with Gasteiger partial charge in [0.05, 0.1) is 7.11 Å². The molecule has 0 radical (unpaired) electrons. The van der Waals surface area contributed by atoms with E-state index in [1.165, 1.54) is 0 Å². The average molecular weight is 431 g/mol. The number of carbonyl (C=O) groups excluding carboxylic acids is 1. The predicted octanol–water partition coefficient (Wildman–Crippen LogP) is 3.63. The SMILES string of the molecule is COc1ccc([C@@H](NC(=O)CCc2nnc(-c3ccc(C)cc3)o2)c2nccn2C)cc1. The Balaban J connectivity index is 1.43. The van der Waals surface area contributed by atoms with E-state index in [2.05, 4.69) is 20.5 Å². The van der Waals surface area contributed by atoms with Crippen LogP contribution in [0, 0.1) is 6.92 Å². The molecule has 0 saturated heterocycles. The second kappa shape index (κ2) is 9.47. The van der Waals surface area contributed by atoms with Gasteiger partial charge in [0.2, 0.25) is 17.7 Å². The molecule has 4 aromatic rings. The third-order valence-electron chi connectivity index (χ3n) is 5.20. The molecule has 2 heterocycles. The van der Waals surface area contributed by atoms with E-state index in [-0.39, 0.29) is 18.4 Å². The van der Waals surface area contributed by atoms with Crippen LogP contribution in [0.1, 0.15) is 35.3 Å². The van der Waals surface area contributed by atoms with Gasteiger partial charge >= 0.3 is 0 Å². The van der Waals surface area contributed by atoms with Gasteiger partial charge in [-0.05, 0) is 36.8 Å². The molecule has 2 aromatic heterocycles. The summed E-state index contributed by atoms with van der Waals surface area (Å²) in [7, 11) is 3.52. The van der Waals surface area contributed by atoms with Crippen molar-refractivity contribution in [1.82, 2.24) is 25.1 Å². The predicted molar refractivity (Wildman–Crippen MR) is 119 cm³/mol. The zero-order valence-electron chi connectivity index (χ0n) is 18.3. The van der Waals surface area contributed by atoms with Gasteiger partial charge in [-0.1, -0.05) is 29.8 Å². The summed E-state index contributed by atoms with van der Waals surface area (Å²) in [6, 6.07) is 15.0. The molecular formula is C24H25N5O3. The van der Waals surface area contributed by atoms with Crippen molar-refractivity contribution in [3.05, 3.63) is 83.8 Å². The molecule has 0 fully saturated rings. The highest BCUT2D eigenvalue weighted by atomic mass is 16.5. The second-order valence-corrected chi connectivity index (χ2v) is 7.54. The first-order valence-electron chi connectivity index (χ1n) is 10.3. The largest absolute Gasteiger partial charge is 0.497 e. The summed E-state index contributed by atoms with van der Waals surface area (Å²) >= 11 is 0. The van der Waals surface area contributed by atoms with Crippen LogP contribution in [-0.4, -0.2) is 32.8 Å². The highest BCUT2D eigenvalue weighted by Gasteiger charge is 2.21. The van der Waals surface area contributed by atoms with E-state index in [0.717, 1.165) is 28.3 Å². The number of nitrogens with one attached hydrogen (secondary N) is 1. The first-order valence-corrected chi connectivity index (χ1v) is 10.3. The van der Waals surface area contributed by atoms with Gasteiger partial charge < -0.3 is 19.0 Å². The van der Waals surface area contributed by atoms with Gasteiger partial charge in [-0.2, -0.15) is 0 Å². The van der Waals surface area contributed by atoms with Crippen molar-refractivity contribution in [2.75, 3.05) is 7.11 Å². The number of hydrogen-bond acceptors (Lipinski definition) is 6. The van der Waals surface area contributed by atoms with Gasteiger partial charge in [-0.3, -0.25) is 4.79 Å². The lowest BCUT2D eigenvalue weighted by Crippen LogP contribution is -2.31. The van der Waals surface area contributed by atoms with Crippen LogP contribution in [0.2, 0.25) is 0 Å². The maximum atomic E-state index is 12.8. The highest BCUT2D eigenvalue weighted by molar-refractivity contribution is 5.77. The number of carbonyl (C=O) groups is 1. The monoisotopic (exact) mass is 431 g/mol. The van der Waals surface area contributed by atoms with Crippen LogP contribution in [0.4, 0.5) is 0 Å². The van der Waals surface area contributed by atoms with Crippen LogP contribution in [0.5, 0.6) is 5.75 Å². The van der Waals surface area contributed by atoms with Crippen LogP contribution in [0.25, 0.3) is 11.5 Å². The summed E-state index contributed by atoms with van der Waals surface area (Å²) in [6.07, 6.45) is 4.12. The van der Waals surface area contributed by atoms with E-state index in [1.54, 1.807) is 13.3 Å². The van der Waals surface area contributed by atoms with E-state index >= 15 is 0 Å². The van der Waals surface area contributed by atoms with Crippen molar-refractivity contribution in [3.8, 4) is 17.2 Å². The number of rotatable bonds is 8. The number of ether oxygens (including phenoxy) is 1. The Morgan fingerprint density at radius 1 is 1.12 bits per heavy atom. The van der Waals surface area contributed by atoms with Crippen molar-refractivity contribution >= 4 is 5.91 Å². The van der Waals surface area contributed by atoms with Crippen molar-refractivity contribution in [3.63, 3.8) is 0 Å². The normalized spacial score (nSPS) is 11.8. The molecule has 0 bridgehead atoms. The van der Waals surface area contributed by atoms with E-state index in [0.29, 0.717) is 18.2 Å². The molecule has 8 heteroatoms. The number of aromatic nitrogens is 4. The summed E-state index contributed by atoms with van der Waals surface area (Å²) in [6.45, 7) is 2.02. The third kappa shape index (κ3) is 4.85. The number of hydrogen-bond donors (Lipinski definition) is 1. The lowest BCUT2D eigenvalue weighted by Gasteiger charge is -2.19. The Kier molecular flexibility index (Phi) is 6.30. The Morgan fingerprint density at radius 2 is 1.88 bits per heavy atom. The topological polar surface area (TPSA) is 95.1 Å². The Hall–Kier alpha value is -3.94. The van der Waals surface area contributed by atoms with Gasteiger partial charge in [0.1, 0.15) is 17.6 Å². The smallest absolute Gasteiger partial charge is 0.247 e. The van der Waals surface area contributed by atoms with Crippen molar-refractivity contribution in [1.29, 1.82) is 0 Å². The molecule has 2 aromatic carbocycles. The van der Waals surface area contributed by atoms with E-state index < -0.39 is 0 Å². The molecule has 8 nitrogen and oxygen atoms in total. The molecular weight excluding hydrogens is 406 g/mol. The number of imidazole rings is 1. The quantitative estimate of drug-likeness (QED) is 0.458. The van der Waals surface area contributed by atoms with E-state index in [9.17, 15) is 4.79 Å². The fraction of sp³-hybridized carbons (Fsp3) is 0.250. The molecule has 0 aliphatic rings. The lowest BCUT2D eigenvalue weighted by molar-refractivity contribution is -0.121. The maximum absolute atomic E-state index is 12.8. The Bertz CT molecular complexity index is 1180. The van der Waals surface area contributed by atoms with Crippen molar-refractivity contribution in [2.24, 2.45) is 7.05 Å². The molecule has 164 valence electrons. The van der Waals surface area contributed by atoms with Crippen LogP contribution >= 0.6 is 0 Å². The minimum atomic E-state index is -0.390. The first-order chi connectivity index (χ1) is 15.5. The molecule has 32 heavy (non-hydrogen) atoms. The zero-order chi connectivity index (χ0) is 22.5. The summed E-state index contributed by atoms with van der Waals surface area (Å²) in [5.41, 5.74) is 2.92. The van der Waals surface area contributed by atoms with Gasteiger partial charge in [0.15, 0.2) is 0 Å². The average Bonchev–Trinajstić information content (AvgIpc) is 3.46. The molecule has 0 aliphatic carbocycles. The van der Waals surface area contributed by atoms with Gasteiger partial charge in [-0.15, -0.1) is 10.2 Å². The lowest BCUT2D eigenvalue weighted by atomic mass is 10.1. The minimum absolute atomic E-state index is 0.135. The van der Waals surface area contributed by atoms with Crippen LogP contribution in [0.15, 0.2) is 65.3 Å². The van der Waals surface area contributed by atoms with Crippen molar-refractivity contribution < 1.29 is 13.9 Å². The number of methoxy groups -OCH3 is 1. The maximum Gasteiger partial charge on any atom is 0.247 e. The summed E-state index contributed by atoms with van der Waals surface area (Å²) < 4.78 is 12.9. The molecule has 4 rings (SSSR count). The first kappa shape index (κ1) is 21.3. The zero-order valence-corrected chi connectivity index (χ0v) is 18.3. The molecule has 1 amide bonds. The molecule has 0 saturated carbocycles. The van der Waals surface area contributed by atoms with Gasteiger partial charge in [-0.25, -0.2) is 4.98 Å². The summed E-state index contributed by atoms with van der Waals surface area (Å²) in [4.78, 5) is 17.2. The highest BCUT2D eigenvalue weighted by Crippen LogP contribution is 2.23. The summed E-state index contributed by atoms with van der Waals surface area (Å²) in [5.74, 6) is 2.23. The van der Waals surface area contributed by atoms with E-state index in [4.69, 9.17) is 9.15 Å². The van der Waals surface area contributed by atoms with Crippen molar-refractivity contribution in [2.45, 2.75) is 25.8 Å². The number of aryl methyl sites for hydroxylation is 3. The number of benzene rings is 2. The fourth-order valence-electron chi connectivity index (χ4n) is 3.37. The Morgan fingerprint density at radius 3 is 2.53 bits per heavy atom. The molecule has 0 spiro atoms. The standard InChI is InChI=1S/C24H25N5O3/c1-16-4-6-18(7-5-16)24-28-27-21(32-24)13-12-20(30)26-22(23-25-14-15-29(23)2)17-8-10-19(31-3)11-9-17/h4-11,14-15,22H,12-13H2,1-3H3,(H,26,30)/t22-/m1/s1.